The summed E-state index contributed by atoms with van der Waals surface area (Å²) in [6.45, 7) is 2.72. The number of aromatic nitrogens is 4. The summed E-state index contributed by atoms with van der Waals surface area (Å²) < 4.78 is 1.19. The zero-order valence-corrected chi connectivity index (χ0v) is 14.3. The molecule has 0 aliphatic heterocycles. The Balaban J connectivity index is 1.37. The molecule has 2 N–H and O–H groups in total. The molecule has 1 amide bonds. The molecule has 3 aromatic rings. The van der Waals surface area contributed by atoms with E-state index in [0.717, 1.165) is 34.8 Å². The number of fused-ring (bicyclic) bond motifs is 2. The van der Waals surface area contributed by atoms with Crippen molar-refractivity contribution < 1.29 is 4.79 Å². The minimum Gasteiger partial charge on any atom is -0.355 e. The number of nitrogens with one attached hydrogen (secondary N) is 2. The average Bonchev–Trinajstić information content (AvgIpc) is 3.24. The van der Waals surface area contributed by atoms with Crippen LogP contribution in [0.25, 0.3) is 10.2 Å². The highest BCUT2D eigenvalue weighted by Gasteiger charge is 2.27. The Morgan fingerprint density at radius 3 is 3.08 bits per heavy atom. The Bertz CT molecular complexity index is 838. The van der Waals surface area contributed by atoms with Gasteiger partial charge in [0, 0.05) is 24.8 Å². The van der Waals surface area contributed by atoms with Crippen LogP contribution in [0.3, 0.4) is 0 Å². The van der Waals surface area contributed by atoms with E-state index in [-0.39, 0.29) is 17.7 Å². The first kappa shape index (κ1) is 15.3. The summed E-state index contributed by atoms with van der Waals surface area (Å²) in [5, 5.41) is 15.0. The number of hydrogen-bond acceptors (Lipinski definition) is 5. The van der Waals surface area contributed by atoms with E-state index in [1.165, 1.54) is 4.70 Å². The van der Waals surface area contributed by atoms with Crippen molar-refractivity contribution in [2.24, 2.45) is 5.92 Å². The third-order valence-corrected chi connectivity index (χ3v) is 5.83. The lowest BCUT2D eigenvalue weighted by molar-refractivity contribution is -0.125. The lowest BCUT2D eigenvalue weighted by atomic mass is 9.89. The number of nitrogens with zero attached hydrogens (tertiary/aromatic N) is 3. The maximum Gasteiger partial charge on any atom is 0.223 e. The molecule has 124 valence electrons. The van der Waals surface area contributed by atoms with E-state index in [1.807, 2.05) is 18.2 Å². The molecular weight excluding hydrogens is 322 g/mol. The summed E-state index contributed by atoms with van der Waals surface area (Å²) in [6.07, 6.45) is 2.32. The second-order valence-corrected chi connectivity index (χ2v) is 7.38. The van der Waals surface area contributed by atoms with Gasteiger partial charge < -0.3 is 5.32 Å². The van der Waals surface area contributed by atoms with E-state index in [0.29, 0.717) is 13.0 Å². The molecule has 1 aliphatic carbocycles. The van der Waals surface area contributed by atoms with Crippen molar-refractivity contribution in [1.82, 2.24) is 25.7 Å². The molecule has 0 unspecified atom stereocenters. The van der Waals surface area contributed by atoms with Crippen molar-refractivity contribution in [1.29, 1.82) is 0 Å². The van der Waals surface area contributed by atoms with Gasteiger partial charge in [-0.25, -0.2) is 4.98 Å². The smallest absolute Gasteiger partial charge is 0.223 e. The van der Waals surface area contributed by atoms with Crippen molar-refractivity contribution in [3.05, 3.63) is 40.7 Å². The number of rotatable bonds is 4. The molecule has 6 nitrogen and oxygen atoms in total. The molecule has 0 spiro atoms. The van der Waals surface area contributed by atoms with Crippen LogP contribution in [0.2, 0.25) is 0 Å². The van der Waals surface area contributed by atoms with Crippen LogP contribution in [0.4, 0.5) is 0 Å². The van der Waals surface area contributed by atoms with E-state index in [2.05, 4.69) is 38.7 Å². The highest BCUT2D eigenvalue weighted by molar-refractivity contribution is 7.18. The highest BCUT2D eigenvalue weighted by Crippen LogP contribution is 2.27. The van der Waals surface area contributed by atoms with Gasteiger partial charge in [0.2, 0.25) is 5.91 Å². The Morgan fingerprint density at radius 1 is 1.38 bits per heavy atom. The lowest BCUT2D eigenvalue weighted by Gasteiger charge is -2.20. The van der Waals surface area contributed by atoms with Gasteiger partial charge in [-0.3, -0.25) is 4.79 Å². The van der Waals surface area contributed by atoms with Crippen molar-refractivity contribution in [2.75, 3.05) is 6.54 Å². The maximum atomic E-state index is 12.5. The van der Waals surface area contributed by atoms with Crippen LogP contribution >= 0.6 is 11.3 Å². The molecule has 2 aromatic heterocycles. The van der Waals surface area contributed by atoms with Crippen molar-refractivity contribution in [3.8, 4) is 0 Å². The molecule has 0 radical (unpaired) electrons. The van der Waals surface area contributed by atoms with E-state index in [1.54, 1.807) is 11.3 Å². The number of aromatic amines is 1. The molecule has 0 bridgehead atoms. The van der Waals surface area contributed by atoms with Gasteiger partial charge >= 0.3 is 0 Å². The summed E-state index contributed by atoms with van der Waals surface area (Å²) in [5.41, 5.74) is 2.96. The summed E-state index contributed by atoms with van der Waals surface area (Å²) >= 11 is 1.70. The van der Waals surface area contributed by atoms with Crippen molar-refractivity contribution >= 4 is 27.5 Å². The normalized spacial score (nSPS) is 18.3. The van der Waals surface area contributed by atoms with Gasteiger partial charge in [0.05, 0.1) is 26.6 Å². The predicted octanol–water partition coefficient (Wildman–Crippen LogP) is 2.44. The molecular formula is C17H19N5OS. The Morgan fingerprint density at radius 2 is 2.21 bits per heavy atom. The summed E-state index contributed by atoms with van der Waals surface area (Å²) in [4.78, 5) is 17.1. The number of carbonyl (C=O) groups is 1. The SMILES string of the molecule is C[C@@H](CNC(=O)[C@H]1CCc2n[nH]nc2C1)c1nc2ccccc2s1. The largest absolute Gasteiger partial charge is 0.355 e. The number of para-hydroxylation sites is 1. The number of thiazole rings is 1. The van der Waals surface area contributed by atoms with Gasteiger partial charge in [-0.2, -0.15) is 15.4 Å². The van der Waals surface area contributed by atoms with Crippen LogP contribution in [0.1, 0.15) is 35.7 Å². The molecule has 1 aromatic carbocycles. The first-order chi connectivity index (χ1) is 11.7. The Hall–Kier alpha value is -2.28. The third kappa shape index (κ3) is 2.91. The van der Waals surface area contributed by atoms with Crippen LogP contribution in [0.5, 0.6) is 0 Å². The minimum absolute atomic E-state index is 0.00910. The van der Waals surface area contributed by atoms with Crippen molar-refractivity contribution in [2.45, 2.75) is 32.1 Å². The topological polar surface area (TPSA) is 83.6 Å². The van der Waals surface area contributed by atoms with Crippen LogP contribution in [0.15, 0.2) is 24.3 Å². The fraction of sp³-hybridized carbons (Fsp3) is 0.412. The highest BCUT2D eigenvalue weighted by atomic mass is 32.1. The van der Waals surface area contributed by atoms with E-state index in [9.17, 15) is 4.79 Å². The zero-order chi connectivity index (χ0) is 16.5. The van der Waals surface area contributed by atoms with Crippen LogP contribution in [-0.2, 0) is 17.6 Å². The van der Waals surface area contributed by atoms with Crippen molar-refractivity contribution in [3.63, 3.8) is 0 Å². The van der Waals surface area contributed by atoms with Gasteiger partial charge in [0.15, 0.2) is 0 Å². The van der Waals surface area contributed by atoms with Gasteiger partial charge in [-0.05, 0) is 25.0 Å². The molecule has 0 saturated carbocycles. The molecule has 4 rings (SSSR count). The standard InChI is InChI=1S/C17H19N5OS/c1-10(17-19-13-4-2-3-5-15(13)24-17)9-18-16(23)11-6-7-12-14(8-11)21-22-20-12/h2-5,10-11H,6-9H2,1H3,(H,18,23)(H,20,21,22)/t10-,11-/m0/s1. The first-order valence-corrected chi connectivity index (χ1v) is 9.04. The number of benzene rings is 1. The van der Waals surface area contributed by atoms with E-state index < -0.39 is 0 Å². The van der Waals surface area contributed by atoms with Gasteiger partial charge in [-0.1, -0.05) is 19.1 Å². The third-order valence-electron chi connectivity index (χ3n) is 4.56. The van der Waals surface area contributed by atoms with E-state index >= 15 is 0 Å². The predicted molar refractivity (Wildman–Crippen MR) is 92.9 cm³/mol. The molecule has 7 heteroatoms. The number of amides is 1. The first-order valence-electron chi connectivity index (χ1n) is 8.22. The molecule has 0 fully saturated rings. The second kappa shape index (κ2) is 6.32. The molecule has 24 heavy (non-hydrogen) atoms. The number of aryl methyl sites for hydroxylation is 1. The van der Waals surface area contributed by atoms with Gasteiger partial charge in [0.25, 0.3) is 0 Å². The molecule has 0 saturated heterocycles. The quantitative estimate of drug-likeness (QED) is 0.763. The lowest BCUT2D eigenvalue weighted by Crippen LogP contribution is -2.36. The van der Waals surface area contributed by atoms with Crippen LogP contribution < -0.4 is 5.32 Å². The monoisotopic (exact) mass is 341 g/mol. The van der Waals surface area contributed by atoms with Crippen LogP contribution in [-0.4, -0.2) is 32.8 Å². The molecule has 2 atom stereocenters. The van der Waals surface area contributed by atoms with Gasteiger partial charge in [-0.15, -0.1) is 11.3 Å². The molecule has 1 aliphatic rings. The van der Waals surface area contributed by atoms with Gasteiger partial charge in [0.1, 0.15) is 0 Å². The number of hydrogen-bond donors (Lipinski definition) is 2. The molecule has 2 heterocycles. The Kier molecular flexibility index (Phi) is 4.02. The van der Waals surface area contributed by atoms with E-state index in [4.69, 9.17) is 0 Å². The summed E-state index contributed by atoms with van der Waals surface area (Å²) in [5.74, 6) is 0.305. The summed E-state index contributed by atoms with van der Waals surface area (Å²) in [6, 6.07) is 8.13. The second-order valence-electron chi connectivity index (χ2n) is 6.32. The number of carbonyl (C=O) groups excluding carboxylic acids is 1. The van der Waals surface area contributed by atoms with Crippen LogP contribution in [0, 0.1) is 5.92 Å². The summed E-state index contributed by atoms with van der Waals surface area (Å²) in [7, 11) is 0. The number of H-pyrrole nitrogens is 1. The average molecular weight is 341 g/mol. The Labute approximate surface area is 143 Å². The fourth-order valence-electron chi connectivity index (χ4n) is 3.09. The zero-order valence-electron chi connectivity index (χ0n) is 13.5. The maximum absolute atomic E-state index is 12.5. The fourth-order valence-corrected chi connectivity index (χ4v) is 4.11. The minimum atomic E-state index is -0.00910.